The third-order valence-electron chi connectivity index (χ3n) is 4.57. The van der Waals surface area contributed by atoms with E-state index in [9.17, 15) is 5.11 Å². The van der Waals surface area contributed by atoms with Crippen LogP contribution in [-0.2, 0) is 6.54 Å². The molecule has 1 heterocycles. The van der Waals surface area contributed by atoms with Gasteiger partial charge in [-0.25, -0.2) is 0 Å². The highest BCUT2D eigenvalue weighted by Crippen LogP contribution is 2.40. The van der Waals surface area contributed by atoms with Crippen LogP contribution in [0.3, 0.4) is 0 Å². The summed E-state index contributed by atoms with van der Waals surface area (Å²) < 4.78 is 11.8. The van der Waals surface area contributed by atoms with E-state index in [0.717, 1.165) is 47.5 Å². The zero-order chi connectivity index (χ0) is 14.7. The van der Waals surface area contributed by atoms with Crippen molar-refractivity contribution in [2.75, 3.05) is 19.9 Å². The van der Waals surface area contributed by atoms with Gasteiger partial charge >= 0.3 is 0 Å². The quantitative estimate of drug-likeness (QED) is 0.851. The van der Waals surface area contributed by atoms with Gasteiger partial charge in [0.2, 0.25) is 6.79 Å². The Kier molecular flexibility index (Phi) is 4.72. The SMILES string of the molecule is OCC1(CNCc2cc(Br)c3c(c2)OCO3)CCCCC1. The molecule has 0 radical (unpaired) electrons. The average molecular weight is 356 g/mol. The van der Waals surface area contributed by atoms with Crippen molar-refractivity contribution in [3.8, 4) is 11.5 Å². The first-order valence-electron chi connectivity index (χ1n) is 7.62. The molecule has 21 heavy (non-hydrogen) atoms. The minimum absolute atomic E-state index is 0.0752. The van der Waals surface area contributed by atoms with Gasteiger partial charge in [-0.1, -0.05) is 19.3 Å². The monoisotopic (exact) mass is 355 g/mol. The third-order valence-corrected chi connectivity index (χ3v) is 5.15. The van der Waals surface area contributed by atoms with Gasteiger partial charge in [0.05, 0.1) is 4.47 Å². The van der Waals surface area contributed by atoms with E-state index in [1.807, 2.05) is 6.07 Å². The van der Waals surface area contributed by atoms with E-state index in [-0.39, 0.29) is 12.0 Å². The summed E-state index contributed by atoms with van der Waals surface area (Å²) in [6.07, 6.45) is 6.02. The van der Waals surface area contributed by atoms with Crippen molar-refractivity contribution < 1.29 is 14.6 Å². The highest BCUT2D eigenvalue weighted by atomic mass is 79.9. The molecule has 1 aliphatic heterocycles. The van der Waals surface area contributed by atoms with E-state index >= 15 is 0 Å². The van der Waals surface area contributed by atoms with Gasteiger partial charge in [0, 0.05) is 25.1 Å². The molecule has 1 aromatic carbocycles. The minimum atomic E-state index is 0.0752. The topological polar surface area (TPSA) is 50.7 Å². The molecule has 0 saturated heterocycles. The number of hydrogen-bond donors (Lipinski definition) is 2. The standard InChI is InChI=1S/C16H22BrNO3/c17-13-6-12(7-14-15(13)21-11-20-14)8-18-9-16(10-19)4-2-1-3-5-16/h6-7,18-19H,1-5,8-11H2. The van der Waals surface area contributed by atoms with Crippen molar-refractivity contribution in [3.63, 3.8) is 0 Å². The molecule has 1 fully saturated rings. The average Bonchev–Trinajstić information content (AvgIpc) is 2.97. The maximum absolute atomic E-state index is 9.73. The van der Waals surface area contributed by atoms with Crippen LogP contribution in [0.5, 0.6) is 11.5 Å². The van der Waals surface area contributed by atoms with E-state index < -0.39 is 0 Å². The van der Waals surface area contributed by atoms with Crippen LogP contribution < -0.4 is 14.8 Å². The van der Waals surface area contributed by atoms with Crippen molar-refractivity contribution in [3.05, 3.63) is 22.2 Å². The van der Waals surface area contributed by atoms with Crippen LogP contribution in [0.15, 0.2) is 16.6 Å². The Morgan fingerprint density at radius 2 is 2.00 bits per heavy atom. The van der Waals surface area contributed by atoms with E-state index in [1.165, 1.54) is 19.3 Å². The van der Waals surface area contributed by atoms with Crippen molar-refractivity contribution >= 4 is 15.9 Å². The van der Waals surface area contributed by atoms with Crippen molar-refractivity contribution in [2.45, 2.75) is 38.6 Å². The number of nitrogens with one attached hydrogen (secondary N) is 1. The predicted octanol–water partition coefficient (Wildman–Crippen LogP) is 3.21. The van der Waals surface area contributed by atoms with Crippen LogP contribution in [0.4, 0.5) is 0 Å². The number of aliphatic hydroxyl groups is 1. The van der Waals surface area contributed by atoms with Crippen molar-refractivity contribution in [1.82, 2.24) is 5.32 Å². The Bertz CT molecular complexity index is 501. The first-order chi connectivity index (χ1) is 10.2. The molecule has 0 amide bonds. The minimum Gasteiger partial charge on any atom is -0.454 e. The Morgan fingerprint density at radius 1 is 1.19 bits per heavy atom. The molecule has 2 N–H and O–H groups in total. The molecule has 0 aromatic heterocycles. The predicted molar refractivity (Wildman–Crippen MR) is 84.6 cm³/mol. The fraction of sp³-hybridized carbons (Fsp3) is 0.625. The van der Waals surface area contributed by atoms with E-state index in [0.29, 0.717) is 6.79 Å². The van der Waals surface area contributed by atoms with Crippen LogP contribution in [0, 0.1) is 5.41 Å². The number of rotatable bonds is 5. The summed E-state index contributed by atoms with van der Waals surface area (Å²) in [4.78, 5) is 0. The number of ether oxygens (including phenoxy) is 2. The molecular formula is C16H22BrNO3. The van der Waals surface area contributed by atoms with E-state index in [1.54, 1.807) is 0 Å². The summed E-state index contributed by atoms with van der Waals surface area (Å²) in [6, 6.07) is 4.08. The first kappa shape index (κ1) is 15.1. The summed E-state index contributed by atoms with van der Waals surface area (Å²) in [5.41, 5.74) is 1.24. The van der Waals surface area contributed by atoms with Crippen LogP contribution in [0.2, 0.25) is 0 Å². The second-order valence-electron chi connectivity index (χ2n) is 6.13. The summed E-state index contributed by atoms with van der Waals surface area (Å²) >= 11 is 3.52. The molecule has 2 aliphatic rings. The molecule has 116 valence electrons. The number of hydrogen-bond acceptors (Lipinski definition) is 4. The Morgan fingerprint density at radius 3 is 2.76 bits per heavy atom. The molecule has 1 aromatic rings. The lowest BCUT2D eigenvalue weighted by atomic mass is 9.74. The molecular weight excluding hydrogens is 334 g/mol. The normalized spacial score (nSPS) is 19.7. The second kappa shape index (κ2) is 6.55. The Balaban J connectivity index is 1.59. The van der Waals surface area contributed by atoms with Crippen LogP contribution >= 0.6 is 15.9 Å². The lowest BCUT2D eigenvalue weighted by Crippen LogP contribution is -2.38. The van der Waals surface area contributed by atoms with E-state index in [4.69, 9.17) is 9.47 Å². The highest BCUT2D eigenvalue weighted by Gasteiger charge is 2.30. The maximum atomic E-state index is 9.73. The van der Waals surface area contributed by atoms with Gasteiger partial charge in [-0.3, -0.25) is 0 Å². The zero-order valence-corrected chi connectivity index (χ0v) is 13.7. The van der Waals surface area contributed by atoms with Gasteiger partial charge < -0.3 is 19.9 Å². The van der Waals surface area contributed by atoms with Crippen molar-refractivity contribution in [1.29, 1.82) is 0 Å². The molecule has 5 heteroatoms. The first-order valence-corrected chi connectivity index (χ1v) is 8.41. The summed E-state index contributed by atoms with van der Waals surface area (Å²) in [5, 5.41) is 13.2. The van der Waals surface area contributed by atoms with Crippen LogP contribution in [-0.4, -0.2) is 25.1 Å². The lowest BCUT2D eigenvalue weighted by molar-refractivity contribution is 0.0810. The largest absolute Gasteiger partial charge is 0.454 e. The molecule has 0 spiro atoms. The van der Waals surface area contributed by atoms with Crippen molar-refractivity contribution in [2.24, 2.45) is 5.41 Å². The van der Waals surface area contributed by atoms with Gasteiger partial charge in [-0.2, -0.15) is 0 Å². The Labute approximate surface area is 134 Å². The van der Waals surface area contributed by atoms with Crippen LogP contribution in [0.1, 0.15) is 37.7 Å². The number of aliphatic hydroxyl groups excluding tert-OH is 1. The van der Waals surface area contributed by atoms with Gasteiger partial charge in [-0.05, 0) is 46.5 Å². The second-order valence-corrected chi connectivity index (χ2v) is 6.99. The maximum Gasteiger partial charge on any atom is 0.231 e. The number of fused-ring (bicyclic) bond motifs is 1. The summed E-state index contributed by atoms with van der Waals surface area (Å²) in [5.74, 6) is 1.59. The molecule has 0 unspecified atom stereocenters. The van der Waals surface area contributed by atoms with Gasteiger partial charge in [0.25, 0.3) is 0 Å². The lowest BCUT2D eigenvalue weighted by Gasteiger charge is -2.35. The molecule has 0 bridgehead atoms. The van der Waals surface area contributed by atoms with Crippen LogP contribution in [0.25, 0.3) is 0 Å². The fourth-order valence-electron chi connectivity index (χ4n) is 3.29. The number of benzene rings is 1. The molecule has 0 atom stereocenters. The molecule has 4 nitrogen and oxygen atoms in total. The molecule has 3 rings (SSSR count). The summed E-state index contributed by atoms with van der Waals surface area (Å²) in [7, 11) is 0. The smallest absolute Gasteiger partial charge is 0.231 e. The number of halogens is 1. The molecule has 1 aliphatic carbocycles. The fourth-order valence-corrected chi connectivity index (χ4v) is 3.89. The zero-order valence-electron chi connectivity index (χ0n) is 12.2. The third kappa shape index (κ3) is 3.35. The van der Waals surface area contributed by atoms with Gasteiger partial charge in [0.1, 0.15) is 0 Å². The molecule has 1 saturated carbocycles. The highest BCUT2D eigenvalue weighted by molar-refractivity contribution is 9.10. The van der Waals surface area contributed by atoms with Gasteiger partial charge in [-0.15, -0.1) is 0 Å². The van der Waals surface area contributed by atoms with E-state index in [2.05, 4.69) is 27.3 Å². The van der Waals surface area contributed by atoms with Gasteiger partial charge in [0.15, 0.2) is 11.5 Å². The Hall–Kier alpha value is -0.780. The summed E-state index contributed by atoms with van der Waals surface area (Å²) in [6.45, 7) is 2.22.